The summed E-state index contributed by atoms with van der Waals surface area (Å²) in [6.45, 7) is 0.729. The lowest BCUT2D eigenvalue weighted by Crippen LogP contribution is -2.46. The van der Waals surface area contributed by atoms with Crippen molar-refractivity contribution in [1.29, 1.82) is 0 Å². The van der Waals surface area contributed by atoms with Gasteiger partial charge in [0, 0.05) is 26.3 Å². The average molecular weight is 405 g/mol. The van der Waals surface area contributed by atoms with E-state index in [9.17, 15) is 13.2 Å². The molecule has 0 unspecified atom stereocenters. The van der Waals surface area contributed by atoms with Crippen LogP contribution >= 0.6 is 0 Å². The highest BCUT2D eigenvalue weighted by Crippen LogP contribution is 2.28. The topological polar surface area (TPSA) is 97.8 Å². The normalized spacial score (nSPS) is 20.0. The summed E-state index contributed by atoms with van der Waals surface area (Å²) in [5.41, 5.74) is 0. The summed E-state index contributed by atoms with van der Waals surface area (Å²) in [6, 6.07) is 10.7. The van der Waals surface area contributed by atoms with Gasteiger partial charge < -0.3 is 14.8 Å². The molecule has 0 bridgehead atoms. The monoisotopic (exact) mass is 405 g/mol. The van der Waals surface area contributed by atoms with Crippen LogP contribution in [0.1, 0.15) is 6.42 Å². The van der Waals surface area contributed by atoms with E-state index in [4.69, 9.17) is 9.47 Å². The van der Waals surface area contributed by atoms with Crippen molar-refractivity contribution < 1.29 is 22.7 Å². The van der Waals surface area contributed by atoms with E-state index < -0.39 is 22.2 Å². The Morgan fingerprint density at radius 3 is 2.71 bits per heavy atom. The number of sulfonamides is 1. The summed E-state index contributed by atoms with van der Waals surface area (Å²) in [4.78, 5) is 16.8. The Morgan fingerprint density at radius 2 is 2.04 bits per heavy atom. The lowest BCUT2D eigenvalue weighted by Gasteiger charge is -2.23. The van der Waals surface area contributed by atoms with Gasteiger partial charge in [-0.2, -0.15) is 4.31 Å². The van der Waals surface area contributed by atoms with Crippen molar-refractivity contribution in [3.63, 3.8) is 0 Å². The Hall–Kier alpha value is -2.49. The second-order valence-corrected chi connectivity index (χ2v) is 8.24. The summed E-state index contributed by atoms with van der Waals surface area (Å²) in [5, 5.41) is 2.73. The molecule has 1 aromatic heterocycles. The molecule has 0 spiro atoms. The van der Waals surface area contributed by atoms with Crippen LogP contribution in [-0.4, -0.2) is 62.6 Å². The molecule has 2 atom stereocenters. The number of hydrogen-bond acceptors (Lipinski definition) is 6. The molecule has 9 heteroatoms. The third-order valence-electron chi connectivity index (χ3n) is 4.41. The maximum absolute atomic E-state index is 13.1. The molecule has 1 fully saturated rings. The minimum atomic E-state index is -3.84. The molecular formula is C19H23N3O5S. The summed E-state index contributed by atoms with van der Waals surface area (Å²) >= 11 is 0. The van der Waals surface area contributed by atoms with E-state index in [1.807, 2.05) is 0 Å². The van der Waals surface area contributed by atoms with E-state index in [0.717, 1.165) is 0 Å². The maximum Gasteiger partial charge on any atom is 0.243 e. The van der Waals surface area contributed by atoms with E-state index in [-0.39, 0.29) is 23.8 Å². The van der Waals surface area contributed by atoms with Crippen LogP contribution < -0.4 is 10.1 Å². The first-order chi connectivity index (χ1) is 13.5. The average Bonchev–Trinajstić information content (AvgIpc) is 3.14. The molecule has 3 rings (SSSR count). The van der Waals surface area contributed by atoms with Crippen LogP contribution in [0, 0.1) is 0 Å². The number of nitrogens with zero attached hydrogens (tertiary/aromatic N) is 2. The zero-order valence-electron chi connectivity index (χ0n) is 15.5. The van der Waals surface area contributed by atoms with Crippen LogP contribution in [0.3, 0.4) is 0 Å². The predicted molar refractivity (Wildman–Crippen MR) is 102 cm³/mol. The van der Waals surface area contributed by atoms with Crippen molar-refractivity contribution in [3.8, 4) is 5.75 Å². The van der Waals surface area contributed by atoms with Gasteiger partial charge in [-0.1, -0.05) is 18.2 Å². The molecule has 1 aliphatic rings. The number of benzene rings is 1. The number of hydrogen-bond donors (Lipinski definition) is 1. The fraction of sp³-hybridized carbons (Fsp3) is 0.368. The van der Waals surface area contributed by atoms with Gasteiger partial charge in [-0.15, -0.1) is 0 Å². The van der Waals surface area contributed by atoms with E-state index in [1.165, 1.54) is 23.5 Å². The Kier molecular flexibility index (Phi) is 6.61. The number of methoxy groups -OCH3 is 1. The highest BCUT2D eigenvalue weighted by molar-refractivity contribution is 7.89. The number of aromatic nitrogens is 1. The number of nitrogens with one attached hydrogen (secondary N) is 1. The molecular weight excluding hydrogens is 382 g/mol. The van der Waals surface area contributed by atoms with Crippen molar-refractivity contribution >= 4 is 15.9 Å². The Morgan fingerprint density at radius 1 is 1.25 bits per heavy atom. The van der Waals surface area contributed by atoms with Gasteiger partial charge >= 0.3 is 0 Å². The van der Waals surface area contributed by atoms with Crippen molar-refractivity contribution in [2.45, 2.75) is 23.5 Å². The number of amides is 1. The predicted octanol–water partition coefficient (Wildman–Crippen LogP) is 1.05. The molecule has 150 valence electrons. The van der Waals surface area contributed by atoms with Gasteiger partial charge in [0.05, 0.1) is 24.2 Å². The number of pyridine rings is 1. The van der Waals surface area contributed by atoms with E-state index in [0.29, 0.717) is 18.9 Å². The molecule has 1 aromatic carbocycles. The van der Waals surface area contributed by atoms with Crippen molar-refractivity contribution in [1.82, 2.24) is 14.6 Å². The first kappa shape index (κ1) is 20.2. The first-order valence-corrected chi connectivity index (χ1v) is 10.4. The van der Waals surface area contributed by atoms with Crippen LogP contribution in [-0.2, 0) is 19.6 Å². The molecule has 0 saturated carbocycles. The lowest BCUT2D eigenvalue weighted by molar-refractivity contribution is -0.124. The maximum atomic E-state index is 13.1. The minimum Gasteiger partial charge on any atom is -0.487 e. The van der Waals surface area contributed by atoms with Gasteiger partial charge in [-0.3, -0.25) is 9.78 Å². The molecule has 1 amide bonds. The van der Waals surface area contributed by atoms with Gasteiger partial charge in [0.15, 0.2) is 0 Å². The van der Waals surface area contributed by atoms with Crippen molar-refractivity contribution in [3.05, 3.63) is 54.9 Å². The smallest absolute Gasteiger partial charge is 0.243 e. The first-order valence-electron chi connectivity index (χ1n) is 8.92. The van der Waals surface area contributed by atoms with Gasteiger partial charge in [-0.05, 0) is 24.3 Å². The summed E-state index contributed by atoms with van der Waals surface area (Å²) in [7, 11) is -2.31. The van der Waals surface area contributed by atoms with Crippen molar-refractivity contribution in [2.24, 2.45) is 0 Å². The molecule has 1 N–H and O–H groups in total. The zero-order valence-corrected chi connectivity index (χ0v) is 16.3. The van der Waals surface area contributed by atoms with Crippen molar-refractivity contribution in [2.75, 3.05) is 26.8 Å². The Labute approximate surface area is 164 Å². The van der Waals surface area contributed by atoms with Crippen LogP contribution in [0.5, 0.6) is 5.75 Å². The van der Waals surface area contributed by atoms with Gasteiger partial charge in [-0.25, -0.2) is 8.42 Å². The van der Waals surface area contributed by atoms with Crippen LogP contribution in [0.15, 0.2) is 59.8 Å². The summed E-state index contributed by atoms with van der Waals surface area (Å²) < 4.78 is 38.3. The lowest BCUT2D eigenvalue weighted by atomic mass is 10.2. The van der Waals surface area contributed by atoms with E-state index in [2.05, 4.69) is 10.3 Å². The highest BCUT2D eigenvalue weighted by atomic mass is 32.2. The standard InChI is InChI=1S/C19H23N3O5S/c1-26-11-10-21-19(23)18-12-16(27-15-6-5-9-20-13-15)14-22(18)28(24,25)17-7-3-2-4-8-17/h2-9,13,16,18H,10-12,14H2,1H3,(H,21,23)/t16-,18+/m0/s1. The molecule has 0 aliphatic carbocycles. The Bertz CT molecular complexity index is 877. The minimum absolute atomic E-state index is 0.0779. The zero-order chi connectivity index (χ0) is 20.0. The van der Waals surface area contributed by atoms with Gasteiger partial charge in [0.25, 0.3) is 0 Å². The Balaban J connectivity index is 1.82. The van der Waals surface area contributed by atoms with Gasteiger partial charge in [0.1, 0.15) is 17.9 Å². The fourth-order valence-corrected chi connectivity index (χ4v) is 4.74. The molecule has 2 aromatic rings. The second kappa shape index (κ2) is 9.13. The van der Waals surface area contributed by atoms with Crippen LogP contribution in [0.25, 0.3) is 0 Å². The fourth-order valence-electron chi connectivity index (χ4n) is 3.09. The molecule has 28 heavy (non-hydrogen) atoms. The molecule has 1 aliphatic heterocycles. The molecule has 0 radical (unpaired) electrons. The van der Waals surface area contributed by atoms with Crippen LogP contribution in [0.2, 0.25) is 0 Å². The summed E-state index contributed by atoms with van der Waals surface area (Å²) in [6.07, 6.45) is 2.97. The molecule has 1 saturated heterocycles. The molecule has 2 heterocycles. The summed E-state index contributed by atoms with van der Waals surface area (Å²) in [5.74, 6) is 0.166. The second-order valence-electron chi connectivity index (χ2n) is 6.35. The van der Waals surface area contributed by atoms with E-state index in [1.54, 1.807) is 42.7 Å². The largest absolute Gasteiger partial charge is 0.487 e. The highest BCUT2D eigenvalue weighted by Gasteiger charge is 2.44. The third kappa shape index (κ3) is 4.67. The number of ether oxygens (including phenoxy) is 2. The third-order valence-corrected chi connectivity index (χ3v) is 6.30. The number of carbonyl (C=O) groups is 1. The van der Waals surface area contributed by atoms with Crippen LogP contribution in [0.4, 0.5) is 0 Å². The van der Waals surface area contributed by atoms with E-state index >= 15 is 0 Å². The number of carbonyl (C=O) groups excluding carboxylic acids is 1. The van der Waals surface area contributed by atoms with Gasteiger partial charge in [0.2, 0.25) is 15.9 Å². The number of rotatable bonds is 8. The SMILES string of the molecule is COCCNC(=O)[C@H]1C[C@H](Oc2cccnc2)CN1S(=O)(=O)c1ccccc1. The quantitative estimate of drug-likeness (QED) is 0.660. The molecule has 8 nitrogen and oxygen atoms in total.